The second-order valence-corrected chi connectivity index (χ2v) is 11.6. The van der Waals surface area contributed by atoms with Crippen molar-refractivity contribution in [3.05, 3.63) is 94.7 Å². The Kier molecular flexibility index (Phi) is 4.49. The highest BCUT2D eigenvalue weighted by molar-refractivity contribution is 5.86. The smallest absolute Gasteiger partial charge is 0.166 e. The number of hydrogen-bond donors (Lipinski definition) is 3. The summed E-state index contributed by atoms with van der Waals surface area (Å²) in [5.41, 5.74) is 7.36. The van der Waals surface area contributed by atoms with Crippen LogP contribution in [0.5, 0.6) is 11.5 Å². The number of aromatic nitrogens is 1. The van der Waals surface area contributed by atoms with Gasteiger partial charge < -0.3 is 25.0 Å². The van der Waals surface area contributed by atoms with E-state index in [1.807, 2.05) is 6.07 Å². The molecule has 1 aromatic heterocycles. The SMILES string of the molecule is CN1CC[C@]23c4c5ccc(O)c4O[C@H]2c2[nH]c4ccccc4c2C[C@@]3(NCCCc2ccccc2)[C@@H]1C5. The number of fused-ring (bicyclic) bond motifs is 4. The Bertz CT molecular complexity index is 1530. The highest BCUT2D eigenvalue weighted by atomic mass is 16.5. The van der Waals surface area contributed by atoms with Gasteiger partial charge in [-0.2, -0.15) is 0 Å². The first-order chi connectivity index (χ1) is 18.1. The molecule has 5 nitrogen and oxygen atoms in total. The molecule has 3 aromatic carbocycles. The number of nitrogens with one attached hydrogen (secondary N) is 2. The van der Waals surface area contributed by atoms with Crippen molar-refractivity contribution in [3.8, 4) is 11.5 Å². The molecule has 0 unspecified atom stereocenters. The summed E-state index contributed by atoms with van der Waals surface area (Å²) in [5, 5.41) is 16.5. The van der Waals surface area contributed by atoms with E-state index in [1.54, 1.807) is 0 Å². The molecule has 37 heavy (non-hydrogen) atoms. The van der Waals surface area contributed by atoms with E-state index in [2.05, 4.69) is 82.9 Å². The van der Waals surface area contributed by atoms with Gasteiger partial charge in [0.25, 0.3) is 0 Å². The van der Waals surface area contributed by atoms with Gasteiger partial charge in [-0.3, -0.25) is 0 Å². The molecule has 188 valence electrons. The van der Waals surface area contributed by atoms with Crippen molar-refractivity contribution in [1.82, 2.24) is 15.2 Å². The highest BCUT2D eigenvalue weighted by Crippen LogP contribution is 2.68. The summed E-state index contributed by atoms with van der Waals surface area (Å²) in [7, 11) is 2.30. The minimum Gasteiger partial charge on any atom is -0.504 e. The van der Waals surface area contributed by atoms with Crippen molar-refractivity contribution < 1.29 is 9.84 Å². The monoisotopic (exact) mass is 491 g/mol. The number of phenolic OH excluding ortho intramolecular Hbond substituents is 1. The van der Waals surface area contributed by atoms with Crippen LogP contribution in [-0.2, 0) is 24.7 Å². The van der Waals surface area contributed by atoms with E-state index in [0.717, 1.165) is 45.2 Å². The third-order valence-electron chi connectivity index (χ3n) is 10.0. The van der Waals surface area contributed by atoms with Crippen LogP contribution in [0, 0.1) is 0 Å². The number of hydrogen-bond acceptors (Lipinski definition) is 4. The number of aromatic amines is 1. The Balaban J connectivity index is 1.30. The molecule has 5 heteroatoms. The molecule has 8 rings (SSSR count). The number of piperidine rings is 1. The van der Waals surface area contributed by atoms with Crippen molar-refractivity contribution >= 4 is 10.9 Å². The zero-order valence-corrected chi connectivity index (χ0v) is 21.3. The topological polar surface area (TPSA) is 60.5 Å². The van der Waals surface area contributed by atoms with Crippen molar-refractivity contribution in [2.45, 2.75) is 55.2 Å². The van der Waals surface area contributed by atoms with Crippen LogP contribution in [-0.4, -0.2) is 46.7 Å². The molecule has 4 aliphatic rings. The van der Waals surface area contributed by atoms with Gasteiger partial charge in [0.05, 0.1) is 16.6 Å². The van der Waals surface area contributed by atoms with Gasteiger partial charge >= 0.3 is 0 Å². The zero-order chi connectivity index (χ0) is 24.8. The van der Waals surface area contributed by atoms with Crippen LogP contribution in [0.25, 0.3) is 10.9 Å². The standard InChI is InChI=1S/C32H33N3O2/c1-35-17-15-31-27-21-13-14-25(36)29(27)37-30(31)28-23(22-11-5-6-12-24(22)34-28)19-32(31,26(35)18-21)33-16-7-10-20-8-3-2-4-9-20/h2-6,8-9,11-14,26,30,33-34,36H,7,10,15-19H2,1H3/t26-,30-,31-,32+/m0/s1. The summed E-state index contributed by atoms with van der Waals surface area (Å²) < 4.78 is 6.86. The van der Waals surface area contributed by atoms with Gasteiger partial charge in [-0.15, -0.1) is 0 Å². The number of phenols is 1. The van der Waals surface area contributed by atoms with Crippen LogP contribution < -0.4 is 10.1 Å². The molecule has 3 heterocycles. The van der Waals surface area contributed by atoms with Crippen LogP contribution in [0.4, 0.5) is 0 Å². The molecule has 2 aliphatic heterocycles. The number of likely N-dealkylation sites (N-methyl/N-ethyl adjacent to an activating group) is 1. The number of rotatable bonds is 5. The summed E-state index contributed by atoms with van der Waals surface area (Å²) in [6, 6.07) is 23.8. The van der Waals surface area contributed by atoms with E-state index in [-0.39, 0.29) is 22.8 Å². The first-order valence-corrected chi connectivity index (χ1v) is 13.7. The van der Waals surface area contributed by atoms with Gasteiger partial charge in [0.15, 0.2) is 17.6 Å². The average molecular weight is 492 g/mol. The number of aryl methyl sites for hydroxylation is 1. The number of ether oxygens (including phenoxy) is 1. The first-order valence-electron chi connectivity index (χ1n) is 13.7. The lowest BCUT2D eigenvalue weighted by Crippen LogP contribution is -2.79. The maximum absolute atomic E-state index is 11.0. The second kappa shape index (κ2) is 7.62. The third-order valence-corrected chi connectivity index (χ3v) is 10.0. The van der Waals surface area contributed by atoms with Gasteiger partial charge in [-0.25, -0.2) is 0 Å². The lowest BCUT2D eigenvalue weighted by molar-refractivity contribution is -0.0652. The number of aromatic hydroxyl groups is 1. The Labute approximate surface area is 217 Å². The molecule has 2 aliphatic carbocycles. The zero-order valence-electron chi connectivity index (χ0n) is 21.3. The fraction of sp³-hybridized carbons (Fsp3) is 0.375. The maximum atomic E-state index is 11.0. The van der Waals surface area contributed by atoms with Gasteiger partial charge in [0.1, 0.15) is 0 Å². The van der Waals surface area contributed by atoms with Crippen molar-refractivity contribution in [1.29, 1.82) is 0 Å². The molecule has 2 bridgehead atoms. The maximum Gasteiger partial charge on any atom is 0.166 e. The van der Waals surface area contributed by atoms with E-state index in [1.165, 1.54) is 38.9 Å². The van der Waals surface area contributed by atoms with Gasteiger partial charge in [-0.05, 0) is 81.1 Å². The van der Waals surface area contributed by atoms with E-state index in [0.29, 0.717) is 11.8 Å². The molecule has 1 saturated heterocycles. The van der Waals surface area contributed by atoms with Crippen LogP contribution in [0.1, 0.15) is 46.9 Å². The summed E-state index contributed by atoms with van der Waals surface area (Å²) >= 11 is 0. The minimum absolute atomic E-state index is 0.135. The lowest BCUT2D eigenvalue weighted by atomic mass is 9.47. The Morgan fingerprint density at radius 3 is 2.81 bits per heavy atom. The molecular weight excluding hydrogens is 458 g/mol. The van der Waals surface area contributed by atoms with Crippen molar-refractivity contribution in [2.75, 3.05) is 20.1 Å². The number of H-pyrrole nitrogens is 1. The fourth-order valence-electron chi connectivity index (χ4n) is 8.48. The molecule has 4 atom stereocenters. The van der Waals surface area contributed by atoms with Crippen LogP contribution in [0.3, 0.4) is 0 Å². The van der Waals surface area contributed by atoms with E-state index in [4.69, 9.17) is 4.74 Å². The van der Waals surface area contributed by atoms with Crippen LogP contribution >= 0.6 is 0 Å². The van der Waals surface area contributed by atoms with E-state index in [9.17, 15) is 5.11 Å². The molecular formula is C32H33N3O2. The summed E-state index contributed by atoms with van der Waals surface area (Å²) in [4.78, 5) is 6.36. The van der Waals surface area contributed by atoms with Crippen molar-refractivity contribution in [3.63, 3.8) is 0 Å². The molecule has 0 saturated carbocycles. The Morgan fingerprint density at radius 1 is 1.08 bits per heavy atom. The normalized spacial score (nSPS) is 29.1. The largest absolute Gasteiger partial charge is 0.504 e. The molecule has 0 radical (unpaired) electrons. The Morgan fingerprint density at radius 2 is 1.92 bits per heavy atom. The van der Waals surface area contributed by atoms with Gasteiger partial charge in [-0.1, -0.05) is 54.6 Å². The van der Waals surface area contributed by atoms with Crippen molar-refractivity contribution in [2.24, 2.45) is 0 Å². The van der Waals surface area contributed by atoms with Crippen LogP contribution in [0.2, 0.25) is 0 Å². The summed E-state index contributed by atoms with van der Waals surface area (Å²) in [5.74, 6) is 0.989. The summed E-state index contributed by atoms with van der Waals surface area (Å²) in [6.07, 6.45) is 4.96. The van der Waals surface area contributed by atoms with Gasteiger partial charge in [0.2, 0.25) is 0 Å². The molecule has 3 N–H and O–H groups in total. The second-order valence-electron chi connectivity index (χ2n) is 11.6. The van der Waals surface area contributed by atoms with E-state index >= 15 is 0 Å². The number of nitrogens with zero attached hydrogens (tertiary/aromatic N) is 1. The molecule has 1 fully saturated rings. The first kappa shape index (κ1) is 21.8. The molecule has 4 aromatic rings. The van der Waals surface area contributed by atoms with Gasteiger partial charge in [0, 0.05) is 22.5 Å². The number of likely N-dealkylation sites (tertiary alicyclic amines) is 1. The summed E-state index contributed by atoms with van der Waals surface area (Å²) in [6.45, 7) is 1.98. The number of para-hydroxylation sites is 1. The molecule has 1 spiro atoms. The number of benzene rings is 3. The van der Waals surface area contributed by atoms with Crippen LogP contribution in [0.15, 0.2) is 66.7 Å². The predicted octanol–water partition coefficient (Wildman–Crippen LogP) is 5.02. The average Bonchev–Trinajstić information content (AvgIpc) is 3.46. The predicted molar refractivity (Wildman–Crippen MR) is 145 cm³/mol. The Hall–Kier alpha value is -3.28. The fourth-order valence-corrected chi connectivity index (χ4v) is 8.48. The lowest BCUT2D eigenvalue weighted by Gasteiger charge is -2.65. The minimum atomic E-state index is -0.216. The van der Waals surface area contributed by atoms with E-state index < -0.39 is 0 Å². The quantitative estimate of drug-likeness (QED) is 0.343. The third kappa shape index (κ3) is 2.71. The molecule has 0 amide bonds. The highest BCUT2D eigenvalue weighted by Gasteiger charge is 2.72.